The van der Waals surface area contributed by atoms with Gasteiger partial charge in [-0.2, -0.15) is 0 Å². The molecule has 0 radical (unpaired) electrons. The van der Waals surface area contributed by atoms with Gasteiger partial charge >= 0.3 is 0 Å². The van der Waals surface area contributed by atoms with E-state index in [-0.39, 0.29) is 5.91 Å². The molecule has 1 saturated heterocycles. The topological polar surface area (TPSA) is 46.1 Å². The first kappa shape index (κ1) is 15.2. The first-order valence-corrected chi connectivity index (χ1v) is 8.62. The zero-order chi connectivity index (χ0) is 15.5. The highest BCUT2D eigenvalue weighted by Gasteiger charge is 2.25. The number of carbonyl (C=O) groups excluding carboxylic acids is 1. The Morgan fingerprint density at radius 3 is 2.82 bits per heavy atom. The molecule has 1 aliphatic heterocycles. The van der Waals surface area contributed by atoms with Crippen LogP contribution in [0.15, 0.2) is 29.9 Å². The van der Waals surface area contributed by atoms with Gasteiger partial charge in [0.25, 0.3) is 0 Å². The standard InChI is InChI=1S/C17H21N3OS/c1-12-6-13(2)10-20(9-12)16(21)7-15-11-22-17(19-15)14-4-3-5-18-8-14/h3-5,8,11-13H,6-7,9-10H2,1-2H3. The normalized spacial score (nSPS) is 21.8. The third kappa shape index (κ3) is 3.53. The van der Waals surface area contributed by atoms with Gasteiger partial charge in [-0.1, -0.05) is 13.8 Å². The number of thiazole rings is 1. The van der Waals surface area contributed by atoms with Crippen LogP contribution >= 0.6 is 11.3 Å². The predicted molar refractivity (Wildman–Crippen MR) is 88.6 cm³/mol. The minimum absolute atomic E-state index is 0.196. The van der Waals surface area contributed by atoms with Gasteiger partial charge in [0, 0.05) is 36.4 Å². The molecule has 3 heterocycles. The van der Waals surface area contributed by atoms with Gasteiger partial charge in [0.1, 0.15) is 5.01 Å². The molecule has 5 heteroatoms. The Bertz CT molecular complexity index is 630. The summed E-state index contributed by atoms with van der Waals surface area (Å²) in [5.74, 6) is 1.38. The van der Waals surface area contributed by atoms with Gasteiger partial charge < -0.3 is 4.90 Å². The van der Waals surface area contributed by atoms with Crippen LogP contribution in [-0.2, 0) is 11.2 Å². The number of piperidine rings is 1. The molecule has 2 atom stereocenters. The van der Waals surface area contributed by atoms with Gasteiger partial charge in [-0.25, -0.2) is 4.98 Å². The quantitative estimate of drug-likeness (QED) is 0.873. The fourth-order valence-electron chi connectivity index (χ4n) is 3.14. The lowest BCUT2D eigenvalue weighted by atomic mass is 9.92. The van der Waals surface area contributed by atoms with Crippen molar-refractivity contribution in [3.05, 3.63) is 35.6 Å². The van der Waals surface area contributed by atoms with E-state index in [4.69, 9.17) is 0 Å². The average molecular weight is 315 g/mol. The summed E-state index contributed by atoms with van der Waals surface area (Å²) in [6, 6.07) is 3.89. The Labute approximate surface area is 135 Å². The Kier molecular flexibility index (Phi) is 4.52. The van der Waals surface area contributed by atoms with Crippen molar-refractivity contribution in [2.45, 2.75) is 26.7 Å². The zero-order valence-corrected chi connectivity index (χ0v) is 13.8. The third-order valence-electron chi connectivity index (χ3n) is 4.01. The minimum Gasteiger partial charge on any atom is -0.342 e. The van der Waals surface area contributed by atoms with Crippen molar-refractivity contribution < 1.29 is 4.79 Å². The summed E-state index contributed by atoms with van der Waals surface area (Å²) in [7, 11) is 0. The number of hydrogen-bond donors (Lipinski definition) is 0. The highest BCUT2D eigenvalue weighted by atomic mass is 32.1. The van der Waals surface area contributed by atoms with E-state index in [1.165, 1.54) is 6.42 Å². The molecule has 22 heavy (non-hydrogen) atoms. The van der Waals surface area contributed by atoms with Gasteiger partial charge in [0.2, 0.25) is 5.91 Å². The minimum atomic E-state index is 0.196. The molecule has 0 spiro atoms. The van der Waals surface area contributed by atoms with Crippen LogP contribution in [0.4, 0.5) is 0 Å². The summed E-state index contributed by atoms with van der Waals surface area (Å²) in [4.78, 5) is 23.2. The van der Waals surface area contributed by atoms with Crippen LogP contribution in [0.2, 0.25) is 0 Å². The summed E-state index contributed by atoms with van der Waals surface area (Å²) in [5.41, 5.74) is 1.87. The van der Waals surface area contributed by atoms with Gasteiger partial charge in [0.15, 0.2) is 0 Å². The van der Waals surface area contributed by atoms with Crippen molar-refractivity contribution >= 4 is 17.2 Å². The monoisotopic (exact) mass is 315 g/mol. The van der Waals surface area contributed by atoms with Gasteiger partial charge in [-0.15, -0.1) is 11.3 Å². The second-order valence-electron chi connectivity index (χ2n) is 6.31. The molecule has 2 unspecified atom stereocenters. The first-order chi connectivity index (χ1) is 10.6. The second kappa shape index (κ2) is 6.57. The first-order valence-electron chi connectivity index (χ1n) is 7.74. The maximum absolute atomic E-state index is 12.5. The smallest absolute Gasteiger partial charge is 0.228 e. The van der Waals surface area contributed by atoms with Crippen molar-refractivity contribution in [2.75, 3.05) is 13.1 Å². The number of amides is 1. The highest BCUT2D eigenvalue weighted by Crippen LogP contribution is 2.24. The van der Waals surface area contributed by atoms with E-state index in [0.717, 1.165) is 29.4 Å². The number of likely N-dealkylation sites (tertiary alicyclic amines) is 1. The van der Waals surface area contributed by atoms with E-state index >= 15 is 0 Å². The molecule has 116 valence electrons. The number of rotatable bonds is 3. The fourth-order valence-corrected chi connectivity index (χ4v) is 3.95. The lowest BCUT2D eigenvalue weighted by molar-refractivity contribution is -0.133. The molecule has 0 aromatic carbocycles. The van der Waals surface area contributed by atoms with Crippen LogP contribution in [0.25, 0.3) is 10.6 Å². The summed E-state index contributed by atoms with van der Waals surface area (Å²) in [5, 5.41) is 2.91. The predicted octanol–water partition coefficient (Wildman–Crippen LogP) is 3.25. The molecular weight excluding hydrogens is 294 g/mol. The molecule has 0 aliphatic carbocycles. The molecule has 0 bridgehead atoms. The number of pyridine rings is 1. The van der Waals surface area contributed by atoms with Crippen LogP contribution in [0.3, 0.4) is 0 Å². The molecule has 1 aliphatic rings. The van der Waals surface area contributed by atoms with E-state index in [0.29, 0.717) is 18.3 Å². The van der Waals surface area contributed by atoms with Gasteiger partial charge in [-0.05, 0) is 30.4 Å². The SMILES string of the molecule is CC1CC(C)CN(C(=O)Cc2csc(-c3cccnc3)n2)C1. The molecule has 4 nitrogen and oxygen atoms in total. The number of aromatic nitrogens is 2. The van der Waals surface area contributed by atoms with Gasteiger partial charge in [0.05, 0.1) is 12.1 Å². The molecule has 1 amide bonds. The lowest BCUT2D eigenvalue weighted by Crippen LogP contribution is -2.43. The molecule has 0 saturated carbocycles. The third-order valence-corrected chi connectivity index (χ3v) is 4.95. The van der Waals surface area contributed by atoms with E-state index in [9.17, 15) is 4.79 Å². The Morgan fingerprint density at radius 2 is 2.14 bits per heavy atom. The molecular formula is C17H21N3OS. The Hall–Kier alpha value is -1.75. The Balaban J connectivity index is 1.66. The number of hydrogen-bond acceptors (Lipinski definition) is 4. The van der Waals surface area contributed by atoms with E-state index in [2.05, 4.69) is 23.8 Å². The second-order valence-corrected chi connectivity index (χ2v) is 7.17. The van der Waals surface area contributed by atoms with E-state index < -0.39 is 0 Å². The largest absolute Gasteiger partial charge is 0.342 e. The molecule has 2 aromatic heterocycles. The zero-order valence-electron chi connectivity index (χ0n) is 13.0. The average Bonchev–Trinajstić information content (AvgIpc) is 2.95. The van der Waals surface area contributed by atoms with Crippen LogP contribution < -0.4 is 0 Å². The van der Waals surface area contributed by atoms with Crippen molar-refractivity contribution in [1.82, 2.24) is 14.9 Å². The summed E-state index contributed by atoms with van der Waals surface area (Å²) < 4.78 is 0. The van der Waals surface area contributed by atoms with Crippen molar-refractivity contribution in [2.24, 2.45) is 11.8 Å². The van der Waals surface area contributed by atoms with Crippen molar-refractivity contribution in [3.8, 4) is 10.6 Å². The number of nitrogens with zero attached hydrogens (tertiary/aromatic N) is 3. The Morgan fingerprint density at radius 1 is 1.36 bits per heavy atom. The van der Waals surface area contributed by atoms with Crippen LogP contribution in [0, 0.1) is 11.8 Å². The molecule has 3 rings (SSSR count). The lowest BCUT2D eigenvalue weighted by Gasteiger charge is -2.35. The van der Waals surface area contributed by atoms with E-state index in [1.54, 1.807) is 23.7 Å². The molecule has 1 fully saturated rings. The van der Waals surface area contributed by atoms with Crippen LogP contribution in [0.1, 0.15) is 26.0 Å². The molecule has 0 N–H and O–H groups in total. The number of carbonyl (C=O) groups is 1. The fraction of sp³-hybridized carbons (Fsp3) is 0.471. The highest BCUT2D eigenvalue weighted by molar-refractivity contribution is 7.13. The van der Waals surface area contributed by atoms with Gasteiger partial charge in [-0.3, -0.25) is 9.78 Å². The maximum atomic E-state index is 12.5. The maximum Gasteiger partial charge on any atom is 0.228 e. The molecule has 2 aromatic rings. The summed E-state index contributed by atoms with van der Waals surface area (Å²) in [6.45, 7) is 6.20. The van der Waals surface area contributed by atoms with Crippen molar-refractivity contribution in [3.63, 3.8) is 0 Å². The van der Waals surface area contributed by atoms with Crippen LogP contribution in [-0.4, -0.2) is 33.9 Å². The summed E-state index contributed by atoms with van der Waals surface area (Å²) >= 11 is 1.57. The summed E-state index contributed by atoms with van der Waals surface area (Å²) in [6.07, 6.45) is 5.17. The van der Waals surface area contributed by atoms with Crippen molar-refractivity contribution in [1.29, 1.82) is 0 Å². The van der Waals surface area contributed by atoms with E-state index in [1.807, 2.05) is 22.4 Å². The van der Waals surface area contributed by atoms with Crippen LogP contribution in [0.5, 0.6) is 0 Å².